The van der Waals surface area contributed by atoms with Crippen LogP contribution in [0.3, 0.4) is 0 Å². The second-order valence-corrected chi connectivity index (χ2v) is 2.87. The molecule has 0 aromatic carbocycles. The molecule has 0 spiro atoms. The van der Waals surface area contributed by atoms with E-state index in [1.54, 1.807) is 0 Å². The Morgan fingerprint density at radius 1 is 1.64 bits per heavy atom. The third-order valence-corrected chi connectivity index (χ3v) is 1.20. The summed E-state index contributed by atoms with van der Waals surface area (Å²) >= 11 is 0. The summed E-state index contributed by atoms with van der Waals surface area (Å²) in [5.41, 5.74) is 5.52. The van der Waals surface area contributed by atoms with Crippen LogP contribution in [0.5, 0.6) is 0 Å². The van der Waals surface area contributed by atoms with Crippen molar-refractivity contribution < 1.29 is 0 Å². The van der Waals surface area contributed by atoms with E-state index in [0.29, 0.717) is 11.9 Å². The molecule has 0 atom stereocenters. The number of nitrogens with zero attached hydrogens (tertiary/aromatic N) is 3. The number of hydrogen-bond acceptors (Lipinski definition) is 2. The second-order valence-electron chi connectivity index (χ2n) is 2.87. The van der Waals surface area contributed by atoms with E-state index in [1.807, 2.05) is 11.9 Å². The molecule has 0 aromatic heterocycles. The summed E-state index contributed by atoms with van der Waals surface area (Å²) in [4.78, 5) is 1.85. The lowest BCUT2D eigenvalue weighted by molar-refractivity contribution is 0.420. The zero-order valence-corrected chi connectivity index (χ0v) is 7.41. The van der Waals surface area contributed by atoms with E-state index in [4.69, 9.17) is 5.73 Å². The molecule has 0 aliphatic rings. The average Bonchev–Trinajstić information content (AvgIpc) is 1.86. The van der Waals surface area contributed by atoms with Gasteiger partial charge in [0, 0.05) is 20.3 Å². The molecule has 0 aliphatic carbocycles. The van der Waals surface area contributed by atoms with Crippen LogP contribution >= 0.6 is 0 Å². The lowest BCUT2D eigenvalue weighted by atomic mass is 10.2. The Hall–Kier alpha value is -1.06. The van der Waals surface area contributed by atoms with Gasteiger partial charge in [0.2, 0.25) is 5.96 Å². The molecule has 0 fully saturated rings. The SMILES string of the molecule is C=N/N=C(/N)N(C)CC(C)C. The summed E-state index contributed by atoms with van der Waals surface area (Å²) in [5.74, 6) is 0.979. The fraction of sp³-hybridized carbons (Fsp3) is 0.714. The Bertz CT molecular complexity index is 151. The largest absolute Gasteiger partial charge is 0.368 e. The number of nitrogens with two attached hydrogens (primary N) is 1. The van der Waals surface area contributed by atoms with Crippen molar-refractivity contribution in [3.05, 3.63) is 0 Å². The molecule has 2 N–H and O–H groups in total. The van der Waals surface area contributed by atoms with Gasteiger partial charge in [-0.15, -0.1) is 5.10 Å². The summed E-state index contributed by atoms with van der Waals surface area (Å²) in [6, 6.07) is 0. The molecule has 4 heteroatoms. The first kappa shape index (κ1) is 9.94. The Morgan fingerprint density at radius 2 is 2.18 bits per heavy atom. The molecule has 0 unspecified atom stereocenters. The maximum Gasteiger partial charge on any atom is 0.216 e. The Labute approximate surface area is 67.8 Å². The van der Waals surface area contributed by atoms with Gasteiger partial charge in [-0.3, -0.25) is 0 Å². The minimum Gasteiger partial charge on any atom is -0.368 e. The van der Waals surface area contributed by atoms with Gasteiger partial charge in [0.05, 0.1) is 0 Å². The molecule has 0 saturated heterocycles. The van der Waals surface area contributed by atoms with Crippen molar-refractivity contribution in [1.82, 2.24) is 4.90 Å². The predicted molar refractivity (Wildman–Crippen MR) is 48.6 cm³/mol. The van der Waals surface area contributed by atoms with Crippen LogP contribution in [0.2, 0.25) is 0 Å². The molecule has 11 heavy (non-hydrogen) atoms. The van der Waals surface area contributed by atoms with E-state index in [0.717, 1.165) is 6.54 Å². The monoisotopic (exact) mass is 156 g/mol. The van der Waals surface area contributed by atoms with Gasteiger partial charge in [-0.25, -0.2) is 0 Å². The number of hydrogen-bond donors (Lipinski definition) is 1. The summed E-state index contributed by atoms with van der Waals surface area (Å²) in [6.45, 7) is 8.33. The van der Waals surface area contributed by atoms with Gasteiger partial charge in [0.15, 0.2) is 0 Å². The predicted octanol–water partition coefficient (Wildman–Crippen LogP) is 0.504. The van der Waals surface area contributed by atoms with Gasteiger partial charge in [-0.05, 0) is 5.92 Å². The minimum absolute atomic E-state index is 0.411. The molecule has 0 rings (SSSR count). The highest BCUT2D eigenvalue weighted by Crippen LogP contribution is 1.94. The Kier molecular flexibility index (Phi) is 4.26. The molecule has 0 aromatic rings. The normalized spacial score (nSPS) is 11.8. The van der Waals surface area contributed by atoms with Crippen LogP contribution in [0, 0.1) is 5.92 Å². The van der Waals surface area contributed by atoms with E-state index < -0.39 is 0 Å². The van der Waals surface area contributed by atoms with Crippen LogP contribution < -0.4 is 5.73 Å². The van der Waals surface area contributed by atoms with Crippen LogP contribution in [0.15, 0.2) is 10.2 Å². The first-order chi connectivity index (χ1) is 5.07. The van der Waals surface area contributed by atoms with Gasteiger partial charge in [-0.2, -0.15) is 5.10 Å². The van der Waals surface area contributed by atoms with Gasteiger partial charge >= 0.3 is 0 Å². The quantitative estimate of drug-likeness (QED) is 0.367. The zero-order chi connectivity index (χ0) is 8.85. The molecular weight excluding hydrogens is 140 g/mol. The smallest absolute Gasteiger partial charge is 0.216 e. The molecule has 0 bridgehead atoms. The van der Waals surface area contributed by atoms with E-state index >= 15 is 0 Å². The van der Waals surface area contributed by atoms with Crippen molar-refractivity contribution >= 4 is 12.7 Å². The number of rotatable bonds is 3. The average molecular weight is 156 g/mol. The second kappa shape index (κ2) is 4.71. The highest BCUT2D eigenvalue weighted by molar-refractivity contribution is 5.77. The molecule has 0 radical (unpaired) electrons. The van der Waals surface area contributed by atoms with E-state index in [2.05, 4.69) is 30.8 Å². The first-order valence-corrected chi connectivity index (χ1v) is 3.58. The molecule has 0 aliphatic heterocycles. The number of guanidine groups is 1. The van der Waals surface area contributed by atoms with E-state index in [1.165, 1.54) is 0 Å². The van der Waals surface area contributed by atoms with Crippen molar-refractivity contribution in [3.8, 4) is 0 Å². The van der Waals surface area contributed by atoms with Crippen LogP contribution in [-0.4, -0.2) is 31.2 Å². The topological polar surface area (TPSA) is 54.0 Å². The molecule has 0 amide bonds. The third-order valence-electron chi connectivity index (χ3n) is 1.20. The van der Waals surface area contributed by atoms with Crippen LogP contribution in [0.4, 0.5) is 0 Å². The highest BCUT2D eigenvalue weighted by Gasteiger charge is 2.02. The standard InChI is InChI=1S/C7H16N4/c1-6(2)5-11(4)7(8)10-9-3/h6H,3,5H2,1-2,4H3,(H2,8,10). The first-order valence-electron chi connectivity index (χ1n) is 3.58. The fourth-order valence-corrected chi connectivity index (χ4v) is 0.790. The van der Waals surface area contributed by atoms with Gasteiger partial charge < -0.3 is 10.6 Å². The van der Waals surface area contributed by atoms with Crippen molar-refractivity contribution in [2.45, 2.75) is 13.8 Å². The Balaban J connectivity index is 3.91. The van der Waals surface area contributed by atoms with Crippen molar-refractivity contribution in [3.63, 3.8) is 0 Å². The molecule has 64 valence electrons. The fourth-order valence-electron chi connectivity index (χ4n) is 0.790. The summed E-state index contributed by atoms with van der Waals surface area (Å²) < 4.78 is 0. The maximum atomic E-state index is 5.52. The molecule has 4 nitrogen and oxygen atoms in total. The Morgan fingerprint density at radius 3 is 2.55 bits per heavy atom. The highest BCUT2D eigenvalue weighted by atomic mass is 15.3. The third kappa shape index (κ3) is 4.36. The van der Waals surface area contributed by atoms with Crippen molar-refractivity contribution in [2.24, 2.45) is 21.9 Å². The van der Waals surface area contributed by atoms with Gasteiger partial charge in [0.25, 0.3) is 0 Å². The maximum absolute atomic E-state index is 5.52. The lowest BCUT2D eigenvalue weighted by Gasteiger charge is -2.18. The summed E-state index contributed by atoms with van der Waals surface area (Å²) in [6.07, 6.45) is 0. The zero-order valence-electron chi connectivity index (χ0n) is 7.41. The van der Waals surface area contributed by atoms with Crippen LogP contribution in [0.1, 0.15) is 13.8 Å². The van der Waals surface area contributed by atoms with Crippen molar-refractivity contribution in [2.75, 3.05) is 13.6 Å². The van der Waals surface area contributed by atoms with Crippen molar-refractivity contribution in [1.29, 1.82) is 0 Å². The molecule has 0 heterocycles. The lowest BCUT2D eigenvalue weighted by Crippen LogP contribution is -2.36. The van der Waals surface area contributed by atoms with E-state index in [9.17, 15) is 0 Å². The van der Waals surface area contributed by atoms with Gasteiger partial charge in [-0.1, -0.05) is 13.8 Å². The van der Waals surface area contributed by atoms with Gasteiger partial charge in [0.1, 0.15) is 0 Å². The molecular formula is C7H16N4. The summed E-state index contributed by atoms with van der Waals surface area (Å²) in [7, 11) is 1.88. The van der Waals surface area contributed by atoms with E-state index in [-0.39, 0.29) is 0 Å². The van der Waals surface area contributed by atoms with Crippen LogP contribution in [-0.2, 0) is 0 Å². The minimum atomic E-state index is 0.411. The molecule has 0 saturated carbocycles. The van der Waals surface area contributed by atoms with Crippen LogP contribution in [0.25, 0.3) is 0 Å². The summed E-state index contributed by atoms with van der Waals surface area (Å²) in [5, 5.41) is 6.95.